The molecule has 21 heavy (non-hydrogen) atoms. The fourth-order valence-electron chi connectivity index (χ4n) is 3.02. The van der Waals surface area contributed by atoms with E-state index in [9.17, 15) is 0 Å². The first-order valence-electron chi connectivity index (χ1n) is 8.09. The highest BCUT2D eigenvalue weighted by atomic mass is 16.7. The van der Waals surface area contributed by atoms with Crippen molar-refractivity contribution >= 4 is 18.3 Å². The molecule has 3 rings (SSSR count). The van der Waals surface area contributed by atoms with Crippen molar-refractivity contribution in [3.05, 3.63) is 24.3 Å². The van der Waals surface area contributed by atoms with Crippen molar-refractivity contribution in [1.82, 2.24) is 0 Å². The second-order valence-electron chi connectivity index (χ2n) is 7.34. The lowest BCUT2D eigenvalue weighted by atomic mass is 9.79. The highest BCUT2D eigenvalue weighted by molar-refractivity contribution is 6.62. The van der Waals surface area contributed by atoms with Gasteiger partial charge < -0.3 is 14.6 Å². The molecule has 0 amide bonds. The zero-order valence-electron chi connectivity index (χ0n) is 13.6. The lowest BCUT2D eigenvalue weighted by Crippen LogP contribution is -2.41. The van der Waals surface area contributed by atoms with Crippen LogP contribution in [0, 0.1) is 0 Å². The molecular weight excluding hydrogens is 261 g/mol. The van der Waals surface area contributed by atoms with Gasteiger partial charge in [0.2, 0.25) is 0 Å². The van der Waals surface area contributed by atoms with Gasteiger partial charge in [0.25, 0.3) is 0 Å². The van der Waals surface area contributed by atoms with E-state index in [1.807, 2.05) is 0 Å². The van der Waals surface area contributed by atoms with E-state index in [-0.39, 0.29) is 18.3 Å². The van der Waals surface area contributed by atoms with Gasteiger partial charge in [0.1, 0.15) is 0 Å². The minimum absolute atomic E-state index is 0.268. The van der Waals surface area contributed by atoms with Gasteiger partial charge in [0.15, 0.2) is 0 Å². The summed E-state index contributed by atoms with van der Waals surface area (Å²) in [5, 5.41) is 3.61. The Bertz CT molecular complexity index is 476. The van der Waals surface area contributed by atoms with E-state index in [4.69, 9.17) is 9.31 Å². The third-order valence-electron chi connectivity index (χ3n) is 5.16. The van der Waals surface area contributed by atoms with Crippen molar-refractivity contribution in [1.29, 1.82) is 0 Å². The number of anilines is 1. The first-order valence-corrected chi connectivity index (χ1v) is 8.09. The minimum atomic E-state index is -0.279. The number of hydrogen-bond acceptors (Lipinski definition) is 3. The SMILES string of the molecule is CC1(C)OB(c2ccc(NC3CCCC3)cc2)OC1(C)C. The van der Waals surface area contributed by atoms with E-state index >= 15 is 0 Å². The third kappa shape index (κ3) is 2.97. The maximum absolute atomic E-state index is 6.08. The largest absolute Gasteiger partial charge is 0.494 e. The van der Waals surface area contributed by atoms with E-state index in [1.54, 1.807) is 0 Å². The van der Waals surface area contributed by atoms with Crippen LogP contribution >= 0.6 is 0 Å². The molecule has 4 heteroatoms. The topological polar surface area (TPSA) is 30.5 Å². The van der Waals surface area contributed by atoms with Crippen LogP contribution in [0.3, 0.4) is 0 Å². The summed E-state index contributed by atoms with van der Waals surface area (Å²) in [4.78, 5) is 0. The lowest BCUT2D eigenvalue weighted by molar-refractivity contribution is 0.00578. The highest BCUT2D eigenvalue weighted by Crippen LogP contribution is 2.36. The van der Waals surface area contributed by atoms with Crippen LogP contribution in [-0.2, 0) is 9.31 Å². The van der Waals surface area contributed by atoms with Crippen LogP contribution in [0.5, 0.6) is 0 Å². The third-order valence-corrected chi connectivity index (χ3v) is 5.16. The monoisotopic (exact) mass is 287 g/mol. The fraction of sp³-hybridized carbons (Fsp3) is 0.647. The average molecular weight is 287 g/mol. The van der Waals surface area contributed by atoms with Crippen LogP contribution in [0.25, 0.3) is 0 Å². The van der Waals surface area contributed by atoms with Gasteiger partial charge >= 0.3 is 7.12 Å². The molecule has 1 N–H and O–H groups in total. The molecule has 1 aromatic rings. The van der Waals surface area contributed by atoms with E-state index in [2.05, 4.69) is 57.3 Å². The number of nitrogens with one attached hydrogen (secondary N) is 1. The number of rotatable bonds is 3. The first kappa shape index (κ1) is 14.9. The molecule has 114 valence electrons. The summed E-state index contributed by atoms with van der Waals surface area (Å²) in [6.45, 7) is 8.35. The smallest absolute Gasteiger partial charge is 0.399 e. The maximum atomic E-state index is 6.08. The van der Waals surface area contributed by atoms with Gasteiger partial charge in [-0.1, -0.05) is 25.0 Å². The molecule has 0 spiro atoms. The lowest BCUT2D eigenvalue weighted by Gasteiger charge is -2.32. The first-order chi connectivity index (χ1) is 9.87. The fourth-order valence-corrected chi connectivity index (χ4v) is 3.02. The molecule has 0 bridgehead atoms. The summed E-state index contributed by atoms with van der Waals surface area (Å²) in [6.07, 6.45) is 5.28. The summed E-state index contributed by atoms with van der Waals surface area (Å²) in [5.74, 6) is 0. The highest BCUT2D eigenvalue weighted by Gasteiger charge is 2.51. The Kier molecular flexibility index (Phi) is 3.79. The molecule has 1 saturated heterocycles. The van der Waals surface area contributed by atoms with Crippen LogP contribution in [0.4, 0.5) is 5.69 Å². The molecule has 1 heterocycles. The van der Waals surface area contributed by atoms with Crippen LogP contribution < -0.4 is 10.8 Å². The van der Waals surface area contributed by atoms with Gasteiger partial charge in [-0.15, -0.1) is 0 Å². The van der Waals surface area contributed by atoms with Crippen molar-refractivity contribution in [3.8, 4) is 0 Å². The Hall–Kier alpha value is -0.995. The summed E-state index contributed by atoms with van der Waals surface area (Å²) < 4.78 is 12.2. The summed E-state index contributed by atoms with van der Waals surface area (Å²) in [5.41, 5.74) is 1.73. The van der Waals surface area contributed by atoms with Gasteiger partial charge in [-0.25, -0.2) is 0 Å². The van der Waals surface area contributed by atoms with Crippen molar-refractivity contribution in [2.45, 2.75) is 70.6 Å². The zero-order chi connectivity index (χ0) is 15.1. The van der Waals surface area contributed by atoms with E-state index < -0.39 is 0 Å². The average Bonchev–Trinajstić information content (AvgIpc) is 2.97. The predicted octanol–water partition coefficient (Wildman–Crippen LogP) is 3.34. The molecule has 1 aliphatic carbocycles. The normalized spacial score (nSPS) is 24.5. The molecule has 3 nitrogen and oxygen atoms in total. The van der Waals surface area contributed by atoms with E-state index in [0.29, 0.717) is 6.04 Å². The van der Waals surface area contributed by atoms with Gasteiger partial charge in [-0.2, -0.15) is 0 Å². The Balaban J connectivity index is 1.67. The second kappa shape index (κ2) is 5.33. The molecule has 0 unspecified atom stereocenters. The molecule has 2 aliphatic rings. The molecule has 1 saturated carbocycles. The van der Waals surface area contributed by atoms with E-state index in [1.165, 1.54) is 31.4 Å². The quantitative estimate of drug-likeness (QED) is 0.865. The second-order valence-corrected chi connectivity index (χ2v) is 7.34. The molecule has 1 aromatic carbocycles. The standard InChI is InChI=1S/C17H26BNO2/c1-16(2)17(3,4)21-18(20-16)13-9-11-15(12-10-13)19-14-7-5-6-8-14/h9-12,14,19H,5-8H2,1-4H3. The molecule has 2 fully saturated rings. The molecule has 0 aromatic heterocycles. The predicted molar refractivity (Wildman–Crippen MR) is 88.0 cm³/mol. The Morgan fingerprint density at radius 2 is 1.48 bits per heavy atom. The summed E-state index contributed by atoms with van der Waals surface area (Å²) in [6, 6.07) is 9.14. The minimum Gasteiger partial charge on any atom is -0.399 e. The van der Waals surface area contributed by atoms with Crippen molar-refractivity contribution in [3.63, 3.8) is 0 Å². The van der Waals surface area contributed by atoms with Crippen molar-refractivity contribution in [2.75, 3.05) is 5.32 Å². The molecule has 0 atom stereocenters. The zero-order valence-corrected chi connectivity index (χ0v) is 13.6. The van der Waals surface area contributed by atoms with Crippen LogP contribution in [0.2, 0.25) is 0 Å². The van der Waals surface area contributed by atoms with Gasteiger partial charge in [0.05, 0.1) is 11.2 Å². The summed E-state index contributed by atoms with van der Waals surface area (Å²) in [7, 11) is -0.268. The Morgan fingerprint density at radius 3 is 2.00 bits per heavy atom. The Labute approximate surface area is 128 Å². The number of benzene rings is 1. The van der Waals surface area contributed by atoms with Crippen molar-refractivity contribution in [2.24, 2.45) is 0 Å². The molecule has 0 radical (unpaired) electrons. The number of hydrogen-bond donors (Lipinski definition) is 1. The van der Waals surface area contributed by atoms with Crippen molar-refractivity contribution < 1.29 is 9.31 Å². The summed E-state index contributed by atoms with van der Waals surface area (Å²) >= 11 is 0. The molecule has 1 aliphatic heterocycles. The van der Waals surface area contributed by atoms with E-state index in [0.717, 1.165) is 5.46 Å². The van der Waals surface area contributed by atoms with Gasteiger partial charge in [-0.3, -0.25) is 0 Å². The van der Waals surface area contributed by atoms with Crippen LogP contribution in [0.15, 0.2) is 24.3 Å². The maximum Gasteiger partial charge on any atom is 0.494 e. The van der Waals surface area contributed by atoms with Gasteiger partial charge in [-0.05, 0) is 58.1 Å². The van der Waals surface area contributed by atoms with Gasteiger partial charge in [0, 0.05) is 11.7 Å². The molecular formula is C17H26BNO2. The Morgan fingerprint density at radius 1 is 0.952 bits per heavy atom. The van der Waals surface area contributed by atoms with Crippen LogP contribution in [-0.4, -0.2) is 24.4 Å². The van der Waals surface area contributed by atoms with Crippen LogP contribution in [0.1, 0.15) is 53.4 Å².